The standard InChI is InChI=1S/C18H13F7N4O3/c19-10-5-6-11(27-14(10)17(20,21)22)13(29-7-12(15(26)30)28-16(29)31)8-1-3-9(4-2-8)32-18(23,24)25/h1-6,12-13H,7H2,(H2,26,30)(H,28,31)/t12?,13-/m1/s1. The van der Waals surface area contributed by atoms with Crippen molar-refractivity contribution < 1.29 is 45.1 Å². The molecule has 1 aliphatic rings. The molecular formula is C18H13F7N4O3. The van der Waals surface area contributed by atoms with E-state index < -0.39 is 59.5 Å². The van der Waals surface area contributed by atoms with Gasteiger partial charge in [0.05, 0.1) is 12.2 Å². The van der Waals surface area contributed by atoms with Crippen LogP contribution < -0.4 is 15.8 Å². The Hall–Kier alpha value is -3.58. The molecule has 0 aliphatic carbocycles. The van der Waals surface area contributed by atoms with Crippen LogP contribution in [0.2, 0.25) is 0 Å². The molecule has 3 amide bonds. The van der Waals surface area contributed by atoms with Crippen molar-refractivity contribution in [2.45, 2.75) is 24.6 Å². The topological polar surface area (TPSA) is 97.6 Å². The molecule has 7 nitrogen and oxygen atoms in total. The fourth-order valence-electron chi connectivity index (χ4n) is 3.11. The summed E-state index contributed by atoms with van der Waals surface area (Å²) in [5.41, 5.74) is 2.90. The van der Waals surface area contributed by atoms with Crippen LogP contribution in [-0.2, 0) is 11.0 Å². The van der Waals surface area contributed by atoms with Gasteiger partial charge in [0.25, 0.3) is 0 Å². The Bertz CT molecular complexity index is 1020. The van der Waals surface area contributed by atoms with Crippen molar-refractivity contribution in [1.29, 1.82) is 0 Å². The van der Waals surface area contributed by atoms with E-state index in [9.17, 15) is 40.3 Å². The first-order valence-corrected chi connectivity index (χ1v) is 8.72. The molecule has 3 rings (SSSR count). The Morgan fingerprint density at radius 1 is 1.12 bits per heavy atom. The summed E-state index contributed by atoms with van der Waals surface area (Å²) in [5.74, 6) is -3.20. The molecule has 1 unspecified atom stereocenters. The molecule has 32 heavy (non-hydrogen) atoms. The van der Waals surface area contributed by atoms with Gasteiger partial charge in [-0.1, -0.05) is 12.1 Å². The highest BCUT2D eigenvalue weighted by molar-refractivity contribution is 5.89. The first kappa shape index (κ1) is 23.1. The Morgan fingerprint density at radius 2 is 1.75 bits per heavy atom. The van der Waals surface area contributed by atoms with E-state index in [2.05, 4.69) is 15.0 Å². The van der Waals surface area contributed by atoms with Crippen molar-refractivity contribution >= 4 is 11.9 Å². The van der Waals surface area contributed by atoms with Crippen LogP contribution in [0.1, 0.15) is 23.0 Å². The number of benzene rings is 1. The Kier molecular flexibility index (Phi) is 5.89. The van der Waals surface area contributed by atoms with E-state index in [-0.39, 0.29) is 12.1 Å². The minimum Gasteiger partial charge on any atom is -0.406 e. The van der Waals surface area contributed by atoms with Crippen LogP contribution in [0.5, 0.6) is 5.75 Å². The fourth-order valence-corrected chi connectivity index (χ4v) is 3.11. The number of carbonyl (C=O) groups excluding carboxylic acids is 2. The molecule has 2 atom stereocenters. The Morgan fingerprint density at radius 3 is 2.25 bits per heavy atom. The molecule has 172 valence electrons. The number of ether oxygens (including phenoxy) is 1. The van der Waals surface area contributed by atoms with Crippen LogP contribution in [0.3, 0.4) is 0 Å². The predicted molar refractivity (Wildman–Crippen MR) is 92.4 cm³/mol. The van der Waals surface area contributed by atoms with Crippen molar-refractivity contribution in [3.05, 3.63) is 59.2 Å². The Labute approximate surface area is 175 Å². The Balaban J connectivity index is 2.07. The lowest BCUT2D eigenvalue weighted by Gasteiger charge is -2.27. The van der Waals surface area contributed by atoms with Gasteiger partial charge in [-0.15, -0.1) is 13.2 Å². The molecule has 1 aromatic heterocycles. The third-order valence-electron chi connectivity index (χ3n) is 4.44. The van der Waals surface area contributed by atoms with Crippen LogP contribution >= 0.6 is 0 Å². The molecular weight excluding hydrogens is 453 g/mol. The van der Waals surface area contributed by atoms with E-state index in [0.29, 0.717) is 6.07 Å². The number of hydrogen-bond acceptors (Lipinski definition) is 4. The maximum Gasteiger partial charge on any atom is 0.573 e. The summed E-state index contributed by atoms with van der Waals surface area (Å²) in [6, 6.07) is 1.78. The number of rotatable bonds is 5. The number of alkyl halides is 6. The van der Waals surface area contributed by atoms with Crippen molar-refractivity contribution in [3.8, 4) is 5.75 Å². The molecule has 0 radical (unpaired) electrons. The van der Waals surface area contributed by atoms with Gasteiger partial charge in [0.15, 0.2) is 11.5 Å². The molecule has 0 spiro atoms. The minimum absolute atomic E-state index is 0.0204. The monoisotopic (exact) mass is 466 g/mol. The number of nitrogens with one attached hydrogen (secondary N) is 1. The summed E-state index contributed by atoms with van der Waals surface area (Å²) in [4.78, 5) is 28.0. The van der Waals surface area contributed by atoms with E-state index >= 15 is 0 Å². The zero-order valence-corrected chi connectivity index (χ0v) is 15.7. The van der Waals surface area contributed by atoms with Gasteiger partial charge in [0, 0.05) is 0 Å². The smallest absolute Gasteiger partial charge is 0.406 e. The van der Waals surface area contributed by atoms with Crippen LogP contribution in [0.4, 0.5) is 35.5 Å². The highest BCUT2D eigenvalue weighted by atomic mass is 19.4. The number of nitrogens with two attached hydrogens (primary N) is 1. The second-order valence-electron chi connectivity index (χ2n) is 6.64. The third-order valence-corrected chi connectivity index (χ3v) is 4.44. The number of nitrogens with zero attached hydrogens (tertiary/aromatic N) is 2. The summed E-state index contributed by atoms with van der Waals surface area (Å²) in [7, 11) is 0. The minimum atomic E-state index is -5.15. The van der Waals surface area contributed by atoms with Crippen molar-refractivity contribution in [2.24, 2.45) is 5.73 Å². The maximum atomic E-state index is 13.7. The van der Waals surface area contributed by atoms with Crippen LogP contribution in [0.25, 0.3) is 0 Å². The summed E-state index contributed by atoms with van der Waals surface area (Å²) >= 11 is 0. The molecule has 0 bridgehead atoms. The first-order chi connectivity index (χ1) is 14.8. The van der Waals surface area contributed by atoms with Crippen LogP contribution in [0, 0.1) is 5.82 Å². The molecule has 1 aromatic carbocycles. The zero-order chi connectivity index (χ0) is 23.8. The highest BCUT2D eigenvalue weighted by Crippen LogP contribution is 2.35. The van der Waals surface area contributed by atoms with Crippen molar-refractivity contribution in [2.75, 3.05) is 6.54 Å². The number of pyridine rings is 1. The average molecular weight is 466 g/mol. The summed E-state index contributed by atoms with van der Waals surface area (Å²) in [5, 5.41) is 2.24. The number of hydrogen-bond donors (Lipinski definition) is 2. The molecule has 2 aromatic rings. The van der Waals surface area contributed by atoms with E-state index in [1.807, 2.05) is 0 Å². The second kappa shape index (κ2) is 8.16. The lowest BCUT2D eigenvalue weighted by atomic mass is 10.0. The van der Waals surface area contributed by atoms with Gasteiger partial charge in [-0.3, -0.25) is 4.79 Å². The zero-order valence-electron chi connectivity index (χ0n) is 15.7. The number of aromatic nitrogens is 1. The molecule has 0 saturated carbocycles. The summed E-state index contributed by atoms with van der Waals surface area (Å²) in [6.45, 7) is -0.375. The van der Waals surface area contributed by atoms with Gasteiger partial charge in [-0.2, -0.15) is 13.2 Å². The van der Waals surface area contributed by atoms with Gasteiger partial charge in [0.2, 0.25) is 5.91 Å². The van der Waals surface area contributed by atoms with Gasteiger partial charge in [0.1, 0.15) is 17.8 Å². The van der Waals surface area contributed by atoms with Crippen LogP contribution in [0.15, 0.2) is 36.4 Å². The fraction of sp³-hybridized carbons (Fsp3) is 0.278. The number of urea groups is 1. The summed E-state index contributed by atoms with van der Waals surface area (Å²) in [6.07, 6.45) is -10.1. The number of amides is 3. The maximum absolute atomic E-state index is 13.7. The van der Waals surface area contributed by atoms with Gasteiger partial charge in [-0.05, 0) is 29.8 Å². The molecule has 1 saturated heterocycles. The number of carbonyl (C=O) groups is 2. The van der Waals surface area contributed by atoms with Crippen LogP contribution in [-0.4, -0.2) is 40.8 Å². The first-order valence-electron chi connectivity index (χ1n) is 8.72. The molecule has 2 heterocycles. The molecule has 3 N–H and O–H groups in total. The molecule has 1 aliphatic heterocycles. The largest absolute Gasteiger partial charge is 0.573 e. The lowest BCUT2D eigenvalue weighted by Crippen LogP contribution is -2.39. The van der Waals surface area contributed by atoms with E-state index in [1.165, 1.54) is 0 Å². The summed E-state index contributed by atoms with van der Waals surface area (Å²) < 4.78 is 94.1. The lowest BCUT2D eigenvalue weighted by molar-refractivity contribution is -0.274. The second-order valence-corrected chi connectivity index (χ2v) is 6.64. The van der Waals surface area contributed by atoms with Crippen molar-refractivity contribution in [1.82, 2.24) is 15.2 Å². The SMILES string of the molecule is NC(=O)C1CN([C@H](c2ccc(OC(F)(F)F)cc2)c2ccc(F)c(C(F)(F)F)n2)C(=O)N1. The predicted octanol–water partition coefficient (Wildman–Crippen LogP) is 3.11. The van der Waals surface area contributed by atoms with E-state index in [0.717, 1.165) is 35.2 Å². The molecule has 1 fully saturated rings. The normalized spacial score (nSPS) is 17.8. The van der Waals surface area contributed by atoms with E-state index in [4.69, 9.17) is 5.73 Å². The quantitative estimate of drug-likeness (QED) is 0.662. The number of halogens is 7. The average Bonchev–Trinajstić information content (AvgIpc) is 3.04. The van der Waals surface area contributed by atoms with Gasteiger partial charge in [-0.25, -0.2) is 14.2 Å². The van der Waals surface area contributed by atoms with E-state index in [1.54, 1.807) is 0 Å². The number of primary amides is 1. The van der Waals surface area contributed by atoms with Crippen molar-refractivity contribution in [3.63, 3.8) is 0 Å². The third kappa shape index (κ3) is 5.00. The highest BCUT2D eigenvalue weighted by Gasteiger charge is 2.41. The molecule has 14 heteroatoms. The van der Waals surface area contributed by atoms with Gasteiger partial charge >= 0.3 is 18.6 Å². The van der Waals surface area contributed by atoms with Gasteiger partial charge < -0.3 is 20.7 Å².